The van der Waals surface area contributed by atoms with Crippen molar-refractivity contribution in [2.75, 3.05) is 16.8 Å². The van der Waals surface area contributed by atoms with Crippen LogP contribution in [0.3, 0.4) is 0 Å². The van der Waals surface area contributed by atoms with E-state index in [4.69, 9.17) is 0 Å². The minimum atomic E-state index is -5.96. The Hall–Kier alpha value is -4.19. The van der Waals surface area contributed by atoms with Gasteiger partial charge in [-0.3, -0.25) is 9.59 Å². The lowest BCUT2D eigenvalue weighted by Crippen LogP contribution is -2.46. The van der Waals surface area contributed by atoms with Crippen molar-refractivity contribution in [1.82, 2.24) is 5.34 Å². The fourth-order valence-electron chi connectivity index (χ4n) is 4.11. The predicted molar refractivity (Wildman–Crippen MR) is 132 cm³/mol. The molecule has 0 aromatic heterocycles. The lowest BCUT2D eigenvalue weighted by molar-refractivity contribution is -0.388. The third-order valence-corrected chi connectivity index (χ3v) is 5.87. The summed E-state index contributed by atoms with van der Waals surface area (Å²) in [5.41, 5.74) is -0.853. The van der Waals surface area contributed by atoms with E-state index in [-0.39, 0.29) is 41.0 Å². The quantitative estimate of drug-likeness (QED) is 0.142. The molecule has 3 aromatic rings. The summed E-state index contributed by atoms with van der Waals surface area (Å²) in [4.78, 5) is 38.2. The topological polar surface area (TPSA) is 69.7 Å². The van der Waals surface area contributed by atoms with E-state index in [1.807, 2.05) is 0 Å². The van der Waals surface area contributed by atoms with Crippen molar-refractivity contribution in [3.05, 3.63) is 94.5 Å². The molecule has 0 heterocycles. The van der Waals surface area contributed by atoms with Gasteiger partial charge < -0.3 is 15.0 Å². The van der Waals surface area contributed by atoms with Gasteiger partial charge in [0.2, 0.25) is 0 Å². The Morgan fingerprint density at radius 2 is 1.46 bits per heavy atom. The summed E-state index contributed by atoms with van der Waals surface area (Å²) < 4.78 is 80.8. The lowest BCUT2D eigenvalue weighted by atomic mass is 9.96. The molecule has 1 atom stereocenters. The average Bonchev–Trinajstić information content (AvgIpc) is 2.89. The molecule has 0 spiro atoms. The van der Waals surface area contributed by atoms with E-state index < -0.39 is 34.7 Å². The second-order valence-electron chi connectivity index (χ2n) is 8.62. The van der Waals surface area contributed by atoms with Gasteiger partial charge in [0.05, 0.1) is 5.34 Å². The van der Waals surface area contributed by atoms with Gasteiger partial charge in [-0.1, -0.05) is 33.2 Å². The van der Waals surface area contributed by atoms with Crippen LogP contribution in [0, 0.1) is 13.8 Å². The first-order valence-corrected chi connectivity index (χ1v) is 11.5. The summed E-state index contributed by atoms with van der Waals surface area (Å²) in [6.45, 7) is 2.27. The number of hydrogen-bond acceptors (Lipinski definition) is 4. The highest BCUT2D eigenvalue weighted by Crippen LogP contribution is 2.47. The first-order chi connectivity index (χ1) is 18.3. The highest BCUT2D eigenvalue weighted by atomic mass is 19.4. The molecule has 1 unspecified atom stereocenters. The molecule has 0 aliphatic rings. The molecule has 2 amide bonds. The molecular weight excluding hydrogens is 528 g/mol. The Morgan fingerprint density at radius 1 is 0.872 bits per heavy atom. The van der Waals surface area contributed by atoms with Gasteiger partial charge in [-0.15, -0.1) is 0 Å². The maximum absolute atomic E-state index is 14.6. The van der Waals surface area contributed by atoms with Crippen molar-refractivity contribution < 1.29 is 40.9 Å². The molecule has 6 nitrogen and oxygen atoms in total. The highest BCUT2D eigenvalue weighted by Gasteiger charge is 2.64. The number of hydrogen-bond donors (Lipinski definition) is 1. The van der Waals surface area contributed by atoms with Crippen molar-refractivity contribution in [3.63, 3.8) is 0 Å². The van der Waals surface area contributed by atoms with Crippen LogP contribution in [0.15, 0.2) is 66.7 Å². The minimum Gasteiger partial charge on any atom is -0.322 e. The van der Waals surface area contributed by atoms with E-state index in [1.54, 1.807) is 30.3 Å². The van der Waals surface area contributed by atoms with Gasteiger partial charge in [-0.05, 0) is 67.4 Å². The number of rotatable bonds is 9. The molecule has 0 radical (unpaired) electrons. The number of halogens is 6. The van der Waals surface area contributed by atoms with Crippen LogP contribution in [0.25, 0.3) is 0 Å². The van der Waals surface area contributed by atoms with E-state index in [2.05, 4.69) is 5.32 Å². The maximum atomic E-state index is 14.6. The van der Waals surface area contributed by atoms with Crippen LogP contribution in [-0.4, -0.2) is 36.2 Å². The van der Waals surface area contributed by atoms with Crippen molar-refractivity contribution in [3.8, 4) is 0 Å². The molecule has 206 valence electrons. The Labute approximate surface area is 219 Å². The van der Waals surface area contributed by atoms with Crippen molar-refractivity contribution in [2.24, 2.45) is 0 Å². The van der Waals surface area contributed by atoms with Crippen LogP contribution in [0.1, 0.15) is 43.8 Å². The number of carbonyl (C=O) groups excluding carboxylic acids is 3. The summed E-state index contributed by atoms with van der Waals surface area (Å²) in [6.07, 6.45) is -5.60. The van der Waals surface area contributed by atoms with Crippen LogP contribution in [0.2, 0.25) is 0 Å². The molecular formula is C27H23F6N3O3. The monoisotopic (exact) mass is 551 g/mol. The number of nitrogens with one attached hydrogen (secondary N) is 1. The number of alkyl halides is 4. The first kappa shape index (κ1) is 29.4. The molecule has 0 aliphatic carbocycles. The molecule has 0 saturated carbocycles. The van der Waals surface area contributed by atoms with Crippen LogP contribution < -0.4 is 10.2 Å². The van der Waals surface area contributed by atoms with E-state index in [0.717, 1.165) is 4.90 Å². The molecule has 39 heavy (non-hydrogen) atoms. The van der Waals surface area contributed by atoms with Crippen LogP contribution in [0.5, 0.6) is 0 Å². The largest absolute Gasteiger partial charge is 0.446 e. The number of aldehydes is 1. The third-order valence-electron chi connectivity index (χ3n) is 5.87. The molecule has 3 aromatic carbocycles. The molecule has 3 rings (SSSR count). The second-order valence-corrected chi connectivity index (χ2v) is 8.62. The van der Waals surface area contributed by atoms with Crippen LogP contribution in [0.4, 0.5) is 37.9 Å². The summed E-state index contributed by atoms with van der Waals surface area (Å²) in [6, 6.07) is 15.3. The maximum Gasteiger partial charge on any atom is 0.446 e. The zero-order valence-corrected chi connectivity index (χ0v) is 20.7. The van der Waals surface area contributed by atoms with E-state index in [1.165, 1.54) is 38.1 Å². The number of amides is 2. The third kappa shape index (κ3) is 6.11. The van der Waals surface area contributed by atoms with Gasteiger partial charge >= 0.3 is 12.0 Å². The predicted octanol–water partition coefficient (Wildman–Crippen LogP) is 6.55. The summed E-state index contributed by atoms with van der Waals surface area (Å²) in [5.74, 6) is -6.20. The number of anilines is 2. The smallest absolute Gasteiger partial charge is 0.322 e. The number of benzene rings is 3. The second kappa shape index (κ2) is 11.7. The molecule has 0 fully saturated rings. The molecule has 1 N–H and O–H groups in total. The highest BCUT2D eigenvalue weighted by molar-refractivity contribution is 6.09. The summed E-state index contributed by atoms with van der Waals surface area (Å²) in [7, 11) is 0. The average molecular weight is 551 g/mol. The van der Waals surface area contributed by atoms with Crippen molar-refractivity contribution in [1.29, 1.82) is 0 Å². The van der Waals surface area contributed by atoms with E-state index >= 15 is 0 Å². The summed E-state index contributed by atoms with van der Waals surface area (Å²) in [5, 5.41) is 0.107. The Morgan fingerprint density at radius 3 is 2.00 bits per heavy atom. The number of carbonyl (C=O) groups is 3. The minimum absolute atomic E-state index is 0.0260. The van der Waals surface area contributed by atoms with Crippen LogP contribution in [-0.2, 0) is 10.6 Å². The Balaban J connectivity index is 2.01. The normalized spacial score (nSPS) is 13.1. The molecule has 0 bridgehead atoms. The van der Waals surface area contributed by atoms with Gasteiger partial charge in [0.15, 0.2) is 0 Å². The number of nitrogens with zero attached hydrogens (tertiary/aromatic N) is 2. The zero-order chi connectivity index (χ0) is 29.0. The van der Waals surface area contributed by atoms with Gasteiger partial charge in [0, 0.05) is 41.0 Å². The lowest BCUT2D eigenvalue weighted by Gasteiger charge is -2.31. The number of aryl methyl sites for hydroxylation is 2. The molecule has 0 saturated heterocycles. The SMILES string of the molecule is Cc1cc(C(F)(N(F)F)C(F)(F)F)cc(C)c1N(CCC=O)C(=O)c1cccc(NC(=O)c2ccccc2)c1. The van der Waals surface area contributed by atoms with Crippen molar-refractivity contribution >= 4 is 29.5 Å². The Bertz CT molecular complexity index is 1340. The first-order valence-electron chi connectivity index (χ1n) is 11.5. The van der Waals surface area contributed by atoms with Gasteiger partial charge in [0.1, 0.15) is 6.29 Å². The standard InChI is InChI=1S/C27H23F6N3O3/c1-17-14-21(26(28,36(32)33)27(29,30)31)15-18(2)23(17)35(12-7-13-37)25(39)20-10-6-11-22(16-20)34-24(38)19-8-4-3-5-9-19/h3-6,8-11,13-16H,7,12H2,1-2H3,(H,34,38). The van der Waals surface area contributed by atoms with Gasteiger partial charge in [-0.2, -0.15) is 13.2 Å². The summed E-state index contributed by atoms with van der Waals surface area (Å²) >= 11 is 0. The molecule has 0 aliphatic heterocycles. The van der Waals surface area contributed by atoms with Gasteiger partial charge in [-0.25, -0.2) is 4.39 Å². The fraction of sp³-hybridized carbons (Fsp3) is 0.222. The molecule has 12 heteroatoms. The van der Waals surface area contributed by atoms with Crippen LogP contribution >= 0.6 is 0 Å². The van der Waals surface area contributed by atoms with E-state index in [0.29, 0.717) is 24.0 Å². The van der Waals surface area contributed by atoms with Crippen molar-refractivity contribution in [2.45, 2.75) is 32.2 Å². The zero-order valence-electron chi connectivity index (χ0n) is 20.7. The fourth-order valence-corrected chi connectivity index (χ4v) is 4.11. The Kier molecular flexibility index (Phi) is 8.80. The van der Waals surface area contributed by atoms with Gasteiger partial charge in [0.25, 0.3) is 11.8 Å². The van der Waals surface area contributed by atoms with E-state index in [9.17, 15) is 40.9 Å².